The second kappa shape index (κ2) is 6.64. The summed E-state index contributed by atoms with van der Waals surface area (Å²) in [5.74, 6) is 1.06. The Morgan fingerprint density at radius 2 is 2.07 bits per heavy atom. The number of aliphatic hydroxyl groups excluding tert-OH is 1. The Kier molecular flexibility index (Phi) is 4.51. The molecule has 1 fully saturated rings. The molecular weight excluding hydrogens is 360 g/mol. The number of fused-ring (bicyclic) bond motifs is 3. The number of aliphatic hydroxyl groups is 1. The van der Waals surface area contributed by atoms with Gasteiger partial charge >= 0.3 is 0 Å². The van der Waals surface area contributed by atoms with Crippen LogP contribution in [-0.4, -0.2) is 43.6 Å². The lowest BCUT2D eigenvalue weighted by Crippen LogP contribution is -2.58. The molecule has 1 N–H and O–H groups in total. The molecule has 2 bridgehead atoms. The van der Waals surface area contributed by atoms with Gasteiger partial charge in [-0.15, -0.1) is 6.58 Å². The van der Waals surface area contributed by atoms with Crippen molar-refractivity contribution in [2.45, 2.75) is 31.5 Å². The third-order valence-electron chi connectivity index (χ3n) is 6.84. The molecule has 0 saturated heterocycles. The molecule has 3 aliphatic rings. The summed E-state index contributed by atoms with van der Waals surface area (Å²) in [5.41, 5.74) is -1.03. The van der Waals surface area contributed by atoms with Crippen LogP contribution in [0.25, 0.3) is 0 Å². The van der Waals surface area contributed by atoms with Gasteiger partial charge in [0.15, 0.2) is 22.9 Å². The van der Waals surface area contributed by atoms with Crippen LogP contribution in [0, 0.1) is 17.3 Å². The maximum absolute atomic E-state index is 13.3. The summed E-state index contributed by atoms with van der Waals surface area (Å²) in [7, 11) is 2.96. The third kappa shape index (κ3) is 2.31. The van der Waals surface area contributed by atoms with E-state index in [0.29, 0.717) is 24.3 Å². The van der Waals surface area contributed by atoms with E-state index in [1.807, 2.05) is 18.2 Å². The standard InChI is InChI=1S/C22H26O6/c1-5-8-21-11-18(25-3)19(23)22(26-4,20(21)24)15(13(21)2)9-14-6-7-16-17(10-14)28-12-27-16/h5-7,10-11,13,15,20,24H,1,8-9,12H2,2-4H3/t13-,15-,20-,21+,22-/m1/s1. The number of Topliss-reactive ketones (excluding diaryl/α,β-unsaturated/α-hetero) is 1. The topological polar surface area (TPSA) is 74.2 Å². The fraction of sp³-hybridized carbons (Fsp3) is 0.500. The Hall–Kier alpha value is -2.31. The van der Waals surface area contributed by atoms with E-state index >= 15 is 0 Å². The Labute approximate surface area is 164 Å². The fourth-order valence-corrected chi connectivity index (χ4v) is 5.37. The van der Waals surface area contributed by atoms with Gasteiger partial charge in [0.2, 0.25) is 12.6 Å². The zero-order chi connectivity index (χ0) is 20.1. The van der Waals surface area contributed by atoms with Crippen LogP contribution in [0.3, 0.4) is 0 Å². The second-order valence-corrected chi connectivity index (χ2v) is 7.83. The number of rotatable bonds is 6. The molecule has 4 rings (SSSR count). The van der Waals surface area contributed by atoms with Crippen LogP contribution in [0.5, 0.6) is 11.5 Å². The molecule has 0 amide bonds. The van der Waals surface area contributed by atoms with E-state index in [-0.39, 0.29) is 30.2 Å². The van der Waals surface area contributed by atoms with Crippen LogP contribution in [0.2, 0.25) is 0 Å². The molecule has 5 atom stereocenters. The molecule has 0 spiro atoms. The lowest BCUT2D eigenvalue weighted by Gasteiger charge is -2.41. The van der Waals surface area contributed by atoms with Crippen molar-refractivity contribution in [1.29, 1.82) is 0 Å². The summed E-state index contributed by atoms with van der Waals surface area (Å²) in [6, 6.07) is 5.77. The van der Waals surface area contributed by atoms with Crippen molar-refractivity contribution in [2.24, 2.45) is 17.3 Å². The Morgan fingerprint density at radius 1 is 1.32 bits per heavy atom. The molecular formula is C22H26O6. The minimum atomic E-state index is -1.36. The minimum Gasteiger partial charge on any atom is -0.493 e. The van der Waals surface area contributed by atoms with Gasteiger partial charge in [-0.1, -0.05) is 19.1 Å². The molecule has 6 heteroatoms. The van der Waals surface area contributed by atoms with Gasteiger partial charge < -0.3 is 24.1 Å². The van der Waals surface area contributed by atoms with Crippen LogP contribution in [-0.2, 0) is 20.7 Å². The average molecular weight is 386 g/mol. The van der Waals surface area contributed by atoms with E-state index < -0.39 is 17.1 Å². The van der Waals surface area contributed by atoms with Gasteiger partial charge in [-0.2, -0.15) is 0 Å². The molecule has 1 heterocycles. The Morgan fingerprint density at radius 3 is 2.75 bits per heavy atom. The van der Waals surface area contributed by atoms with E-state index in [1.165, 1.54) is 14.2 Å². The number of hydrogen-bond donors (Lipinski definition) is 1. The number of carbonyl (C=O) groups excluding carboxylic acids is 1. The molecule has 1 aromatic carbocycles. The van der Waals surface area contributed by atoms with Crippen LogP contribution in [0.1, 0.15) is 18.9 Å². The highest BCUT2D eigenvalue weighted by Crippen LogP contribution is 2.61. The Balaban J connectivity index is 1.79. The van der Waals surface area contributed by atoms with E-state index in [2.05, 4.69) is 13.5 Å². The molecule has 0 unspecified atom stereocenters. The average Bonchev–Trinajstić information content (AvgIpc) is 3.21. The van der Waals surface area contributed by atoms with Crippen molar-refractivity contribution in [1.82, 2.24) is 0 Å². The third-order valence-corrected chi connectivity index (χ3v) is 6.84. The molecule has 6 nitrogen and oxygen atoms in total. The first-order chi connectivity index (χ1) is 13.4. The number of carbonyl (C=O) groups is 1. The second-order valence-electron chi connectivity index (χ2n) is 7.83. The van der Waals surface area contributed by atoms with Gasteiger partial charge in [-0.25, -0.2) is 0 Å². The Bertz CT molecular complexity index is 845. The number of ketones is 1. The van der Waals surface area contributed by atoms with Crippen molar-refractivity contribution < 1.29 is 28.8 Å². The monoisotopic (exact) mass is 386 g/mol. The predicted octanol–water partition coefficient (Wildman–Crippen LogP) is 2.65. The van der Waals surface area contributed by atoms with E-state index in [1.54, 1.807) is 12.2 Å². The van der Waals surface area contributed by atoms with E-state index in [0.717, 1.165) is 5.56 Å². The SMILES string of the molecule is C=CC[C@]12C=C(OC)C(=O)[C@](OC)([C@H](Cc3ccc4c(c3)OCO4)[C@H]1C)[C@@H]2O. The number of hydrogen-bond acceptors (Lipinski definition) is 6. The van der Waals surface area contributed by atoms with Gasteiger partial charge in [-0.05, 0) is 42.5 Å². The molecule has 150 valence electrons. The predicted molar refractivity (Wildman–Crippen MR) is 102 cm³/mol. The van der Waals surface area contributed by atoms with Gasteiger partial charge in [-0.3, -0.25) is 4.79 Å². The van der Waals surface area contributed by atoms with Crippen molar-refractivity contribution in [3.63, 3.8) is 0 Å². The number of allylic oxidation sites excluding steroid dienone is 1. The van der Waals surface area contributed by atoms with Crippen LogP contribution in [0.4, 0.5) is 0 Å². The summed E-state index contributed by atoms with van der Waals surface area (Å²) in [4.78, 5) is 13.3. The van der Waals surface area contributed by atoms with Gasteiger partial charge in [0, 0.05) is 18.4 Å². The molecule has 0 aromatic heterocycles. The summed E-state index contributed by atoms with van der Waals surface area (Å²) in [6.07, 6.45) is 3.66. The van der Waals surface area contributed by atoms with E-state index in [4.69, 9.17) is 18.9 Å². The first kappa shape index (κ1) is 19.0. The highest BCUT2D eigenvalue weighted by atomic mass is 16.7. The van der Waals surface area contributed by atoms with Crippen molar-refractivity contribution >= 4 is 5.78 Å². The normalized spacial score (nSPS) is 35.6. The zero-order valence-electron chi connectivity index (χ0n) is 16.4. The van der Waals surface area contributed by atoms with Gasteiger partial charge in [0.25, 0.3) is 0 Å². The van der Waals surface area contributed by atoms with Gasteiger partial charge in [0.1, 0.15) is 6.10 Å². The highest BCUT2D eigenvalue weighted by Gasteiger charge is 2.71. The van der Waals surface area contributed by atoms with Crippen LogP contribution in [0.15, 0.2) is 42.7 Å². The number of benzene rings is 1. The fourth-order valence-electron chi connectivity index (χ4n) is 5.37. The lowest BCUT2D eigenvalue weighted by atomic mass is 9.70. The minimum absolute atomic E-state index is 0.0394. The quantitative estimate of drug-likeness (QED) is 0.758. The maximum Gasteiger partial charge on any atom is 0.231 e. The van der Waals surface area contributed by atoms with E-state index in [9.17, 15) is 9.90 Å². The summed E-state index contributed by atoms with van der Waals surface area (Å²) >= 11 is 0. The molecule has 1 saturated carbocycles. The van der Waals surface area contributed by atoms with Crippen LogP contribution >= 0.6 is 0 Å². The number of methoxy groups -OCH3 is 2. The number of ether oxygens (including phenoxy) is 4. The molecule has 0 radical (unpaired) electrons. The largest absolute Gasteiger partial charge is 0.493 e. The first-order valence-corrected chi connectivity index (χ1v) is 9.49. The van der Waals surface area contributed by atoms with Crippen molar-refractivity contribution in [2.75, 3.05) is 21.0 Å². The smallest absolute Gasteiger partial charge is 0.231 e. The maximum atomic E-state index is 13.3. The van der Waals surface area contributed by atoms with Gasteiger partial charge in [0.05, 0.1) is 7.11 Å². The zero-order valence-corrected chi connectivity index (χ0v) is 16.4. The molecule has 28 heavy (non-hydrogen) atoms. The van der Waals surface area contributed by atoms with Crippen LogP contribution < -0.4 is 9.47 Å². The summed E-state index contributed by atoms with van der Waals surface area (Å²) in [5, 5.41) is 11.4. The first-order valence-electron chi connectivity index (χ1n) is 9.49. The lowest BCUT2D eigenvalue weighted by molar-refractivity contribution is -0.166. The summed E-state index contributed by atoms with van der Waals surface area (Å²) in [6.45, 7) is 6.14. The molecule has 1 aromatic rings. The summed E-state index contributed by atoms with van der Waals surface area (Å²) < 4.78 is 22.1. The molecule has 1 aliphatic heterocycles. The molecule has 2 aliphatic carbocycles. The van der Waals surface area contributed by atoms with Crippen molar-refractivity contribution in [3.05, 3.63) is 48.3 Å². The van der Waals surface area contributed by atoms with Crippen molar-refractivity contribution in [3.8, 4) is 11.5 Å². The highest BCUT2D eigenvalue weighted by molar-refractivity contribution is 6.03.